The normalized spacial score (nSPS) is 10.9. The molecule has 0 heterocycles. The van der Waals surface area contributed by atoms with E-state index in [-0.39, 0.29) is 11.5 Å². The van der Waals surface area contributed by atoms with Crippen LogP contribution < -0.4 is 9.47 Å². The maximum Gasteiger partial charge on any atom is 0.331 e. The molecule has 5 heteroatoms. The summed E-state index contributed by atoms with van der Waals surface area (Å²) in [4.78, 5) is 10.2. The van der Waals surface area contributed by atoms with Crippen LogP contribution in [0.1, 0.15) is 5.56 Å². The maximum atomic E-state index is 13.1. The number of methoxy groups -OCH3 is 2. The molecule has 0 spiro atoms. The van der Waals surface area contributed by atoms with Crippen LogP contribution in [-0.4, -0.2) is 20.5 Å². The third kappa shape index (κ3) is 2.06. The molecule has 0 saturated heterocycles. The Morgan fingerprint density at radius 3 is 2.40 bits per heavy atom. The SMILES string of the molecule is COc1cccc(C(F)(F)C=O)c1OC. The zero-order valence-corrected chi connectivity index (χ0v) is 8.29. The van der Waals surface area contributed by atoms with Gasteiger partial charge >= 0.3 is 5.92 Å². The van der Waals surface area contributed by atoms with E-state index in [9.17, 15) is 13.6 Å². The van der Waals surface area contributed by atoms with Crippen molar-refractivity contribution in [1.82, 2.24) is 0 Å². The number of carbonyl (C=O) groups is 1. The largest absolute Gasteiger partial charge is 0.493 e. The summed E-state index contributed by atoms with van der Waals surface area (Å²) in [5, 5.41) is 0. The summed E-state index contributed by atoms with van der Waals surface area (Å²) >= 11 is 0. The zero-order chi connectivity index (χ0) is 11.5. The highest BCUT2D eigenvalue weighted by Gasteiger charge is 2.35. The molecule has 0 aliphatic heterocycles. The minimum Gasteiger partial charge on any atom is -0.493 e. The predicted molar refractivity (Wildman–Crippen MR) is 49.5 cm³/mol. The van der Waals surface area contributed by atoms with Crippen LogP contribution in [-0.2, 0) is 10.7 Å². The van der Waals surface area contributed by atoms with Gasteiger partial charge in [-0.1, -0.05) is 6.07 Å². The van der Waals surface area contributed by atoms with Gasteiger partial charge < -0.3 is 9.47 Å². The summed E-state index contributed by atoms with van der Waals surface area (Å²) in [7, 11) is 2.57. The summed E-state index contributed by atoms with van der Waals surface area (Å²) in [6.07, 6.45) is -0.426. The Labute approximate surface area is 85.6 Å². The average Bonchev–Trinajstić information content (AvgIpc) is 2.27. The second-order valence-corrected chi connectivity index (χ2v) is 2.78. The van der Waals surface area contributed by atoms with E-state index in [0.29, 0.717) is 0 Å². The van der Waals surface area contributed by atoms with Crippen LogP contribution in [0.4, 0.5) is 8.78 Å². The molecule has 0 N–H and O–H groups in total. The molecule has 0 aromatic heterocycles. The van der Waals surface area contributed by atoms with Crippen molar-refractivity contribution in [2.75, 3.05) is 14.2 Å². The van der Waals surface area contributed by atoms with Crippen LogP contribution in [0.2, 0.25) is 0 Å². The Hall–Kier alpha value is -1.65. The minimum atomic E-state index is -3.57. The topological polar surface area (TPSA) is 35.5 Å². The monoisotopic (exact) mass is 216 g/mol. The van der Waals surface area contributed by atoms with Gasteiger partial charge in [0.05, 0.1) is 19.8 Å². The highest BCUT2D eigenvalue weighted by Crippen LogP contribution is 2.39. The first-order chi connectivity index (χ1) is 7.06. The standard InChI is InChI=1S/C10H10F2O3/c1-14-8-5-3-4-7(9(8)15-2)10(11,12)6-13/h3-6H,1-2H3. The van der Waals surface area contributed by atoms with E-state index in [2.05, 4.69) is 0 Å². The number of hydrogen-bond acceptors (Lipinski definition) is 3. The molecule has 0 aliphatic carbocycles. The molecule has 1 aromatic carbocycles. The molecule has 0 saturated carbocycles. The number of benzene rings is 1. The molecule has 15 heavy (non-hydrogen) atoms. The fourth-order valence-corrected chi connectivity index (χ4v) is 1.21. The number of carbonyl (C=O) groups excluding carboxylic acids is 1. The fourth-order valence-electron chi connectivity index (χ4n) is 1.21. The smallest absolute Gasteiger partial charge is 0.331 e. The molecule has 0 bridgehead atoms. The van der Waals surface area contributed by atoms with Crippen molar-refractivity contribution in [1.29, 1.82) is 0 Å². The third-order valence-corrected chi connectivity index (χ3v) is 1.91. The third-order valence-electron chi connectivity index (χ3n) is 1.91. The van der Waals surface area contributed by atoms with Crippen LogP contribution >= 0.6 is 0 Å². The molecular weight excluding hydrogens is 206 g/mol. The zero-order valence-electron chi connectivity index (χ0n) is 8.29. The second kappa shape index (κ2) is 4.25. The molecule has 3 nitrogen and oxygen atoms in total. The van der Waals surface area contributed by atoms with E-state index in [1.54, 1.807) is 0 Å². The van der Waals surface area contributed by atoms with Gasteiger partial charge in [0.25, 0.3) is 0 Å². The summed E-state index contributed by atoms with van der Waals surface area (Å²) in [6, 6.07) is 3.97. The Morgan fingerprint density at radius 1 is 1.27 bits per heavy atom. The van der Waals surface area contributed by atoms with Crippen LogP contribution in [0.25, 0.3) is 0 Å². The highest BCUT2D eigenvalue weighted by molar-refractivity contribution is 5.67. The Bertz CT molecular complexity index is 364. The van der Waals surface area contributed by atoms with Gasteiger partial charge in [-0.3, -0.25) is 4.79 Å². The van der Waals surface area contributed by atoms with Gasteiger partial charge in [-0.2, -0.15) is 8.78 Å². The summed E-state index contributed by atoms with van der Waals surface area (Å²) in [5.41, 5.74) is -0.501. The lowest BCUT2D eigenvalue weighted by Gasteiger charge is -2.15. The summed E-state index contributed by atoms with van der Waals surface area (Å²) < 4.78 is 35.9. The minimum absolute atomic E-state index is 0.128. The molecule has 0 radical (unpaired) electrons. The number of aldehydes is 1. The van der Waals surface area contributed by atoms with Crippen molar-refractivity contribution >= 4 is 6.29 Å². The molecular formula is C10H10F2O3. The van der Waals surface area contributed by atoms with Crippen molar-refractivity contribution < 1.29 is 23.0 Å². The molecule has 82 valence electrons. The fraction of sp³-hybridized carbons (Fsp3) is 0.300. The van der Waals surface area contributed by atoms with Gasteiger partial charge in [0.1, 0.15) is 0 Å². The lowest BCUT2D eigenvalue weighted by Crippen LogP contribution is -2.16. The number of halogens is 2. The van der Waals surface area contributed by atoms with E-state index in [1.165, 1.54) is 26.4 Å². The summed E-state index contributed by atoms with van der Waals surface area (Å²) in [6.45, 7) is 0. The maximum absolute atomic E-state index is 13.1. The highest BCUT2D eigenvalue weighted by atomic mass is 19.3. The molecule has 0 atom stereocenters. The predicted octanol–water partition coefficient (Wildman–Crippen LogP) is 1.99. The Balaban J connectivity index is 3.35. The van der Waals surface area contributed by atoms with Crippen molar-refractivity contribution in [3.8, 4) is 11.5 Å². The number of rotatable bonds is 4. The molecule has 0 aliphatic rings. The first-order valence-electron chi connectivity index (χ1n) is 4.12. The lowest BCUT2D eigenvalue weighted by molar-refractivity contribution is -0.130. The van der Waals surface area contributed by atoms with Gasteiger partial charge in [-0.25, -0.2) is 0 Å². The van der Waals surface area contributed by atoms with E-state index in [0.717, 1.165) is 6.07 Å². The van der Waals surface area contributed by atoms with Gasteiger partial charge in [-0.05, 0) is 12.1 Å². The summed E-state index contributed by atoms with van der Waals surface area (Å²) in [5.74, 6) is -3.53. The van der Waals surface area contributed by atoms with E-state index in [1.807, 2.05) is 0 Å². The van der Waals surface area contributed by atoms with E-state index >= 15 is 0 Å². The van der Waals surface area contributed by atoms with Crippen molar-refractivity contribution in [2.24, 2.45) is 0 Å². The lowest BCUT2D eigenvalue weighted by atomic mass is 10.1. The molecule has 0 unspecified atom stereocenters. The van der Waals surface area contributed by atoms with Crippen molar-refractivity contribution in [3.05, 3.63) is 23.8 Å². The molecule has 1 aromatic rings. The number of alkyl halides is 2. The first-order valence-corrected chi connectivity index (χ1v) is 4.12. The van der Waals surface area contributed by atoms with Gasteiger partial charge in [0, 0.05) is 0 Å². The number of para-hydroxylation sites is 1. The van der Waals surface area contributed by atoms with Crippen LogP contribution in [0.5, 0.6) is 11.5 Å². The Morgan fingerprint density at radius 2 is 1.93 bits per heavy atom. The number of ether oxygens (including phenoxy) is 2. The molecule has 0 amide bonds. The quantitative estimate of drug-likeness (QED) is 0.722. The van der Waals surface area contributed by atoms with Gasteiger partial charge in [-0.15, -0.1) is 0 Å². The van der Waals surface area contributed by atoms with Crippen molar-refractivity contribution in [2.45, 2.75) is 5.92 Å². The number of hydrogen-bond donors (Lipinski definition) is 0. The van der Waals surface area contributed by atoms with Crippen LogP contribution in [0.3, 0.4) is 0 Å². The van der Waals surface area contributed by atoms with Gasteiger partial charge in [0.2, 0.25) is 0 Å². The second-order valence-electron chi connectivity index (χ2n) is 2.78. The first kappa shape index (κ1) is 11.4. The van der Waals surface area contributed by atoms with Crippen molar-refractivity contribution in [3.63, 3.8) is 0 Å². The Kier molecular flexibility index (Phi) is 3.24. The average molecular weight is 216 g/mol. The van der Waals surface area contributed by atoms with Crippen LogP contribution in [0, 0.1) is 0 Å². The van der Waals surface area contributed by atoms with Crippen LogP contribution in [0.15, 0.2) is 18.2 Å². The van der Waals surface area contributed by atoms with E-state index in [4.69, 9.17) is 9.47 Å². The van der Waals surface area contributed by atoms with Gasteiger partial charge in [0.15, 0.2) is 17.8 Å². The molecule has 0 fully saturated rings. The molecule has 1 rings (SSSR count). The van der Waals surface area contributed by atoms with E-state index < -0.39 is 17.8 Å².